The molecule has 1 N–H and O–H groups in total. The monoisotopic (exact) mass is 341 g/mol. The van der Waals surface area contributed by atoms with Crippen LogP contribution in [0.25, 0.3) is 16.8 Å². The van der Waals surface area contributed by atoms with Gasteiger partial charge in [-0.25, -0.2) is 4.52 Å². The lowest BCUT2D eigenvalue weighted by molar-refractivity contribution is 0.415. The largest absolute Gasteiger partial charge is 0.497 e. The highest BCUT2D eigenvalue weighted by molar-refractivity contribution is 5.78. The molecule has 6 heteroatoms. The molecule has 26 heavy (non-hydrogen) atoms. The lowest BCUT2D eigenvalue weighted by Crippen LogP contribution is -1.93. The van der Waals surface area contributed by atoms with E-state index in [4.69, 9.17) is 10.00 Å². The number of rotatable bonds is 4. The average Bonchev–Trinajstić information content (AvgIpc) is 3.11. The molecule has 0 saturated heterocycles. The zero-order valence-electron chi connectivity index (χ0n) is 14.0. The van der Waals surface area contributed by atoms with Crippen molar-refractivity contribution in [3.05, 3.63) is 72.4 Å². The average molecular weight is 341 g/mol. The van der Waals surface area contributed by atoms with Crippen molar-refractivity contribution in [3.8, 4) is 22.9 Å². The Labute approximate surface area is 150 Å². The van der Waals surface area contributed by atoms with Gasteiger partial charge in [0, 0.05) is 17.4 Å². The predicted molar refractivity (Wildman–Crippen MR) is 99.4 cm³/mol. The third-order valence-corrected chi connectivity index (χ3v) is 4.03. The molecular formula is C20H15N5O. The van der Waals surface area contributed by atoms with Gasteiger partial charge in [0.05, 0.1) is 18.7 Å². The van der Waals surface area contributed by atoms with E-state index < -0.39 is 0 Å². The number of nitrogens with one attached hydrogen (secondary N) is 1. The smallest absolute Gasteiger partial charge is 0.247 e. The number of nitriles is 1. The number of aromatic nitrogens is 3. The number of benzene rings is 2. The van der Waals surface area contributed by atoms with Gasteiger partial charge in [-0.05, 0) is 54.1 Å². The molecule has 0 radical (unpaired) electrons. The van der Waals surface area contributed by atoms with Crippen molar-refractivity contribution < 1.29 is 4.74 Å². The normalized spacial score (nSPS) is 10.5. The highest BCUT2D eigenvalue weighted by atomic mass is 16.5. The van der Waals surface area contributed by atoms with Crippen LogP contribution in [0.2, 0.25) is 0 Å². The van der Waals surface area contributed by atoms with Gasteiger partial charge in [0.25, 0.3) is 0 Å². The van der Waals surface area contributed by atoms with Gasteiger partial charge in [-0.3, -0.25) is 0 Å². The summed E-state index contributed by atoms with van der Waals surface area (Å²) in [5, 5.41) is 16.5. The number of methoxy groups -OCH3 is 1. The molecule has 6 nitrogen and oxygen atoms in total. The fourth-order valence-corrected chi connectivity index (χ4v) is 2.71. The number of ether oxygens (including phenoxy) is 1. The van der Waals surface area contributed by atoms with E-state index in [1.54, 1.807) is 23.8 Å². The molecular weight excluding hydrogens is 326 g/mol. The summed E-state index contributed by atoms with van der Waals surface area (Å²) in [5.41, 5.74) is 4.21. The molecule has 0 amide bonds. The highest BCUT2D eigenvalue weighted by Gasteiger charge is 2.10. The van der Waals surface area contributed by atoms with Crippen LogP contribution in [0.4, 0.5) is 11.6 Å². The van der Waals surface area contributed by atoms with E-state index in [2.05, 4.69) is 21.5 Å². The second-order valence-electron chi connectivity index (χ2n) is 5.67. The number of fused-ring (bicyclic) bond motifs is 1. The van der Waals surface area contributed by atoms with Crippen LogP contribution >= 0.6 is 0 Å². The fourth-order valence-electron chi connectivity index (χ4n) is 2.71. The third kappa shape index (κ3) is 2.94. The van der Waals surface area contributed by atoms with Gasteiger partial charge >= 0.3 is 0 Å². The first-order valence-corrected chi connectivity index (χ1v) is 8.04. The summed E-state index contributed by atoms with van der Waals surface area (Å²) in [6, 6.07) is 21.0. The van der Waals surface area contributed by atoms with Gasteiger partial charge in [-0.1, -0.05) is 12.1 Å². The van der Waals surface area contributed by atoms with E-state index in [1.807, 2.05) is 54.7 Å². The van der Waals surface area contributed by atoms with E-state index in [0.29, 0.717) is 11.5 Å². The molecule has 0 aliphatic rings. The number of hydrogen-bond donors (Lipinski definition) is 1. The minimum Gasteiger partial charge on any atom is -0.497 e. The Balaban J connectivity index is 1.69. The lowest BCUT2D eigenvalue weighted by Gasteiger charge is -2.04. The molecule has 0 spiro atoms. The van der Waals surface area contributed by atoms with Crippen LogP contribution in [0, 0.1) is 11.3 Å². The SMILES string of the molecule is COc1ccc(-c2cccn3nc(Nc4ccc(C#N)cc4)nc23)cc1. The van der Waals surface area contributed by atoms with E-state index in [9.17, 15) is 0 Å². The number of anilines is 2. The number of pyridine rings is 1. The molecule has 4 rings (SSSR count). The molecule has 0 aliphatic heterocycles. The third-order valence-electron chi connectivity index (χ3n) is 4.03. The fraction of sp³-hybridized carbons (Fsp3) is 0.0500. The second kappa shape index (κ2) is 6.57. The summed E-state index contributed by atoms with van der Waals surface area (Å²) < 4.78 is 6.96. The Morgan fingerprint density at radius 2 is 1.81 bits per heavy atom. The molecule has 0 unspecified atom stereocenters. The van der Waals surface area contributed by atoms with Crippen molar-refractivity contribution in [2.75, 3.05) is 12.4 Å². The summed E-state index contributed by atoms with van der Waals surface area (Å²) in [6.45, 7) is 0. The van der Waals surface area contributed by atoms with E-state index in [1.165, 1.54) is 0 Å². The molecule has 4 aromatic rings. The van der Waals surface area contributed by atoms with Gasteiger partial charge in [0.1, 0.15) is 5.75 Å². The van der Waals surface area contributed by atoms with Gasteiger partial charge in [-0.15, -0.1) is 5.10 Å². The highest BCUT2D eigenvalue weighted by Crippen LogP contribution is 2.26. The molecule has 0 atom stereocenters. The molecule has 2 heterocycles. The Hall–Kier alpha value is -3.85. The van der Waals surface area contributed by atoms with Crippen LogP contribution in [-0.2, 0) is 0 Å². The first kappa shape index (κ1) is 15.7. The van der Waals surface area contributed by atoms with Crippen LogP contribution in [-0.4, -0.2) is 21.7 Å². The summed E-state index contributed by atoms with van der Waals surface area (Å²) >= 11 is 0. The van der Waals surface area contributed by atoms with Gasteiger partial charge in [-0.2, -0.15) is 10.2 Å². The van der Waals surface area contributed by atoms with Gasteiger partial charge in [0.2, 0.25) is 5.95 Å². The van der Waals surface area contributed by atoms with Crippen molar-refractivity contribution in [1.82, 2.24) is 14.6 Å². The van der Waals surface area contributed by atoms with Crippen LogP contribution in [0.3, 0.4) is 0 Å². The van der Waals surface area contributed by atoms with E-state index in [0.717, 1.165) is 28.2 Å². The zero-order valence-corrected chi connectivity index (χ0v) is 14.0. The molecule has 126 valence electrons. The van der Waals surface area contributed by atoms with Crippen molar-refractivity contribution in [3.63, 3.8) is 0 Å². The van der Waals surface area contributed by atoms with Gasteiger partial charge < -0.3 is 10.1 Å². The van der Waals surface area contributed by atoms with Crippen molar-refractivity contribution >= 4 is 17.3 Å². The Bertz CT molecular complexity index is 1090. The standard InChI is InChI=1S/C20H15N5O/c1-26-17-10-6-15(7-11-17)18-3-2-12-25-19(18)23-20(24-25)22-16-8-4-14(13-21)5-9-16/h2-12H,1H3,(H,22,24). The van der Waals surface area contributed by atoms with Crippen LogP contribution < -0.4 is 10.1 Å². The number of nitrogens with zero attached hydrogens (tertiary/aromatic N) is 4. The lowest BCUT2D eigenvalue weighted by atomic mass is 10.1. The van der Waals surface area contributed by atoms with Crippen LogP contribution in [0.5, 0.6) is 5.75 Å². The summed E-state index contributed by atoms with van der Waals surface area (Å²) in [4.78, 5) is 4.61. The minimum absolute atomic E-state index is 0.496. The van der Waals surface area contributed by atoms with Crippen molar-refractivity contribution in [2.45, 2.75) is 0 Å². The zero-order chi connectivity index (χ0) is 17.9. The molecule has 2 aromatic carbocycles. The molecule has 0 aliphatic carbocycles. The second-order valence-corrected chi connectivity index (χ2v) is 5.67. The minimum atomic E-state index is 0.496. The van der Waals surface area contributed by atoms with E-state index in [-0.39, 0.29) is 0 Å². The molecule has 0 fully saturated rings. The summed E-state index contributed by atoms with van der Waals surface area (Å²) in [6.07, 6.45) is 1.86. The Morgan fingerprint density at radius 3 is 2.50 bits per heavy atom. The maximum absolute atomic E-state index is 8.88. The topological polar surface area (TPSA) is 75.2 Å². The first-order valence-electron chi connectivity index (χ1n) is 8.04. The summed E-state index contributed by atoms with van der Waals surface area (Å²) in [5.74, 6) is 1.31. The first-order chi connectivity index (χ1) is 12.8. The Kier molecular flexibility index (Phi) is 3.96. The predicted octanol–water partition coefficient (Wildman–Crippen LogP) is 4.02. The van der Waals surface area contributed by atoms with Gasteiger partial charge in [0.15, 0.2) is 5.65 Å². The van der Waals surface area contributed by atoms with E-state index >= 15 is 0 Å². The van der Waals surface area contributed by atoms with Crippen LogP contribution in [0.15, 0.2) is 66.9 Å². The van der Waals surface area contributed by atoms with Crippen molar-refractivity contribution in [1.29, 1.82) is 5.26 Å². The molecule has 0 bridgehead atoms. The quantitative estimate of drug-likeness (QED) is 0.607. The maximum atomic E-state index is 8.88. The Morgan fingerprint density at radius 1 is 1.04 bits per heavy atom. The molecule has 2 aromatic heterocycles. The summed E-state index contributed by atoms with van der Waals surface area (Å²) in [7, 11) is 1.65. The molecule has 0 saturated carbocycles. The maximum Gasteiger partial charge on any atom is 0.247 e. The van der Waals surface area contributed by atoms with Crippen molar-refractivity contribution in [2.24, 2.45) is 0 Å². The number of hydrogen-bond acceptors (Lipinski definition) is 5. The van der Waals surface area contributed by atoms with Crippen LogP contribution in [0.1, 0.15) is 5.56 Å².